The summed E-state index contributed by atoms with van der Waals surface area (Å²) < 4.78 is 0. The molecule has 2 unspecified atom stereocenters. The van der Waals surface area contributed by atoms with Gasteiger partial charge in [0.2, 0.25) is 0 Å². The third kappa shape index (κ3) is 16.1. The molecule has 2 heteroatoms. The van der Waals surface area contributed by atoms with Crippen molar-refractivity contribution in [1.82, 2.24) is 0 Å². The Kier molecular flexibility index (Phi) is 16.2. The zero-order valence-corrected chi connectivity index (χ0v) is 14.8. The molecule has 0 fully saturated rings. The van der Waals surface area contributed by atoms with Gasteiger partial charge in [-0.05, 0) is 13.3 Å². The molecule has 0 spiro atoms. The Bertz CT molecular complexity index is 194. The number of aliphatic hydroxyl groups is 1. The third-order valence-electron chi connectivity index (χ3n) is 4.46. The van der Waals surface area contributed by atoms with Crippen molar-refractivity contribution in [2.24, 2.45) is 5.73 Å². The Balaban J connectivity index is 3.03. The van der Waals surface area contributed by atoms with Crippen LogP contribution in [-0.2, 0) is 0 Å². The zero-order valence-electron chi connectivity index (χ0n) is 14.8. The van der Waals surface area contributed by atoms with E-state index in [2.05, 4.69) is 6.92 Å². The van der Waals surface area contributed by atoms with Crippen LogP contribution in [0.2, 0.25) is 0 Å². The fourth-order valence-corrected chi connectivity index (χ4v) is 2.81. The molecule has 3 N–H and O–H groups in total. The summed E-state index contributed by atoms with van der Waals surface area (Å²) in [6.45, 7) is 4.16. The Morgan fingerprint density at radius 1 is 0.667 bits per heavy atom. The number of rotatable bonds is 16. The van der Waals surface area contributed by atoms with Crippen LogP contribution in [0.5, 0.6) is 0 Å². The van der Waals surface area contributed by atoms with Gasteiger partial charge in [0.25, 0.3) is 0 Å². The molecule has 21 heavy (non-hydrogen) atoms. The number of hydrogen-bond donors (Lipinski definition) is 2. The molecule has 2 atom stereocenters. The van der Waals surface area contributed by atoms with E-state index in [0.717, 1.165) is 12.8 Å². The van der Waals surface area contributed by atoms with Gasteiger partial charge < -0.3 is 10.8 Å². The first-order valence-electron chi connectivity index (χ1n) is 9.62. The van der Waals surface area contributed by atoms with Crippen LogP contribution in [-0.4, -0.2) is 17.3 Å². The second-order valence-electron chi connectivity index (χ2n) is 6.81. The van der Waals surface area contributed by atoms with Gasteiger partial charge in [-0.2, -0.15) is 0 Å². The quantitative estimate of drug-likeness (QED) is 0.366. The molecule has 0 saturated heterocycles. The Morgan fingerprint density at radius 3 is 1.33 bits per heavy atom. The minimum atomic E-state index is -0.303. The van der Waals surface area contributed by atoms with E-state index < -0.39 is 0 Å². The number of unbranched alkanes of at least 4 members (excludes halogenated alkanes) is 13. The highest BCUT2D eigenvalue weighted by Crippen LogP contribution is 2.13. The van der Waals surface area contributed by atoms with Crippen LogP contribution >= 0.6 is 0 Å². The lowest BCUT2D eigenvalue weighted by atomic mass is 10.0. The summed E-state index contributed by atoms with van der Waals surface area (Å²) in [5.74, 6) is 0. The van der Waals surface area contributed by atoms with E-state index in [-0.39, 0.29) is 12.1 Å². The standard InChI is InChI=1S/C19H41NO/c1-3-4-5-6-7-8-9-10-11-12-13-14-15-16-17-19(21)18(2)20/h18-19,21H,3-17,20H2,1-2H3. The SMILES string of the molecule is CCCCCCCCCCCCCCCCC(O)C(C)N. The van der Waals surface area contributed by atoms with Crippen LogP contribution in [0.15, 0.2) is 0 Å². The predicted molar refractivity (Wildman–Crippen MR) is 94.6 cm³/mol. The molecule has 128 valence electrons. The largest absolute Gasteiger partial charge is 0.392 e. The summed E-state index contributed by atoms with van der Waals surface area (Å²) in [5.41, 5.74) is 5.64. The molecular weight excluding hydrogens is 258 g/mol. The summed E-state index contributed by atoms with van der Waals surface area (Å²) >= 11 is 0. The van der Waals surface area contributed by atoms with Crippen molar-refractivity contribution in [3.63, 3.8) is 0 Å². The number of nitrogens with two attached hydrogens (primary N) is 1. The number of hydrogen-bond acceptors (Lipinski definition) is 2. The highest BCUT2D eigenvalue weighted by molar-refractivity contribution is 4.65. The second kappa shape index (κ2) is 16.3. The lowest BCUT2D eigenvalue weighted by Crippen LogP contribution is -2.31. The van der Waals surface area contributed by atoms with E-state index in [1.807, 2.05) is 6.92 Å². The zero-order chi connectivity index (χ0) is 15.8. The Morgan fingerprint density at radius 2 is 1.00 bits per heavy atom. The van der Waals surface area contributed by atoms with Crippen LogP contribution in [0.3, 0.4) is 0 Å². The van der Waals surface area contributed by atoms with Gasteiger partial charge in [-0.25, -0.2) is 0 Å². The molecule has 0 amide bonds. The Labute approximate surface area is 133 Å². The minimum absolute atomic E-state index is 0.0769. The first-order chi connectivity index (χ1) is 10.2. The van der Waals surface area contributed by atoms with E-state index >= 15 is 0 Å². The van der Waals surface area contributed by atoms with Crippen molar-refractivity contribution < 1.29 is 5.11 Å². The molecule has 0 aliphatic heterocycles. The maximum atomic E-state index is 9.59. The van der Waals surface area contributed by atoms with Crippen molar-refractivity contribution in [2.75, 3.05) is 0 Å². The van der Waals surface area contributed by atoms with E-state index in [1.165, 1.54) is 83.5 Å². The molecule has 0 aliphatic carbocycles. The average molecular weight is 300 g/mol. The van der Waals surface area contributed by atoms with E-state index in [4.69, 9.17) is 5.73 Å². The van der Waals surface area contributed by atoms with Gasteiger partial charge in [-0.15, -0.1) is 0 Å². The van der Waals surface area contributed by atoms with E-state index in [0.29, 0.717) is 0 Å². The van der Waals surface area contributed by atoms with Gasteiger partial charge in [0, 0.05) is 6.04 Å². The molecule has 0 aromatic rings. The third-order valence-corrected chi connectivity index (χ3v) is 4.46. The molecule has 0 radical (unpaired) electrons. The highest BCUT2D eigenvalue weighted by atomic mass is 16.3. The van der Waals surface area contributed by atoms with Crippen molar-refractivity contribution in [3.8, 4) is 0 Å². The summed E-state index contributed by atoms with van der Waals surface area (Å²) in [6, 6.07) is -0.0769. The van der Waals surface area contributed by atoms with Crippen LogP contribution in [0.25, 0.3) is 0 Å². The van der Waals surface area contributed by atoms with Crippen LogP contribution in [0.1, 0.15) is 110 Å². The van der Waals surface area contributed by atoms with E-state index in [9.17, 15) is 5.11 Å². The normalized spacial score (nSPS) is 14.3. The van der Waals surface area contributed by atoms with Crippen molar-refractivity contribution in [2.45, 2.75) is 122 Å². The smallest absolute Gasteiger partial charge is 0.0688 e. The topological polar surface area (TPSA) is 46.2 Å². The summed E-state index contributed by atoms with van der Waals surface area (Å²) in [7, 11) is 0. The molecular formula is C19H41NO. The molecule has 0 bridgehead atoms. The monoisotopic (exact) mass is 299 g/mol. The lowest BCUT2D eigenvalue weighted by Gasteiger charge is -2.13. The van der Waals surface area contributed by atoms with Crippen LogP contribution in [0.4, 0.5) is 0 Å². The van der Waals surface area contributed by atoms with Gasteiger partial charge in [0.15, 0.2) is 0 Å². The van der Waals surface area contributed by atoms with E-state index in [1.54, 1.807) is 0 Å². The molecule has 0 aromatic carbocycles. The summed E-state index contributed by atoms with van der Waals surface area (Å²) in [5, 5.41) is 9.59. The van der Waals surface area contributed by atoms with Crippen LogP contribution in [0, 0.1) is 0 Å². The van der Waals surface area contributed by atoms with Crippen LogP contribution < -0.4 is 5.73 Å². The molecule has 0 aromatic heterocycles. The number of aliphatic hydroxyl groups excluding tert-OH is 1. The molecule has 0 aliphatic rings. The second-order valence-corrected chi connectivity index (χ2v) is 6.81. The van der Waals surface area contributed by atoms with Gasteiger partial charge in [-0.3, -0.25) is 0 Å². The van der Waals surface area contributed by atoms with Gasteiger partial charge in [0.05, 0.1) is 6.10 Å². The van der Waals surface area contributed by atoms with Gasteiger partial charge in [0.1, 0.15) is 0 Å². The summed E-state index contributed by atoms with van der Waals surface area (Å²) in [6.07, 6.45) is 19.8. The summed E-state index contributed by atoms with van der Waals surface area (Å²) in [4.78, 5) is 0. The molecule has 0 heterocycles. The molecule has 0 saturated carbocycles. The highest BCUT2D eigenvalue weighted by Gasteiger charge is 2.07. The van der Waals surface area contributed by atoms with Crippen molar-refractivity contribution in [1.29, 1.82) is 0 Å². The maximum Gasteiger partial charge on any atom is 0.0688 e. The first kappa shape index (κ1) is 20.9. The lowest BCUT2D eigenvalue weighted by molar-refractivity contribution is 0.138. The maximum absolute atomic E-state index is 9.59. The van der Waals surface area contributed by atoms with Crippen molar-refractivity contribution in [3.05, 3.63) is 0 Å². The van der Waals surface area contributed by atoms with Gasteiger partial charge in [-0.1, -0.05) is 96.8 Å². The first-order valence-corrected chi connectivity index (χ1v) is 9.62. The molecule has 0 rings (SSSR count). The minimum Gasteiger partial charge on any atom is -0.392 e. The fraction of sp³-hybridized carbons (Fsp3) is 1.00. The molecule has 2 nitrogen and oxygen atoms in total. The Hall–Kier alpha value is -0.0800. The predicted octanol–water partition coefficient (Wildman–Crippen LogP) is 5.57. The van der Waals surface area contributed by atoms with Crippen molar-refractivity contribution >= 4 is 0 Å². The van der Waals surface area contributed by atoms with Gasteiger partial charge >= 0.3 is 0 Å². The fourth-order valence-electron chi connectivity index (χ4n) is 2.81. The average Bonchev–Trinajstić information content (AvgIpc) is 2.47.